The predicted octanol–water partition coefficient (Wildman–Crippen LogP) is 2.16. The van der Waals surface area contributed by atoms with Gasteiger partial charge in [0.2, 0.25) is 0 Å². The number of benzene rings is 1. The topological polar surface area (TPSA) is 44.1 Å². The molecule has 1 saturated carbocycles. The van der Waals surface area contributed by atoms with Crippen molar-refractivity contribution >= 4 is 16.9 Å². The van der Waals surface area contributed by atoms with Crippen LogP contribution in [-0.2, 0) is 4.74 Å². The van der Waals surface area contributed by atoms with Crippen LogP contribution < -0.4 is 0 Å². The maximum absolute atomic E-state index is 11.6. The highest BCUT2D eigenvalue weighted by Gasteiger charge is 2.28. The monoisotopic (exact) mass is 216 g/mol. The maximum Gasteiger partial charge on any atom is 0.359 e. The molecule has 2 aromatic rings. The Morgan fingerprint density at radius 2 is 2.19 bits per heavy atom. The fourth-order valence-corrected chi connectivity index (χ4v) is 1.93. The zero-order valence-electron chi connectivity index (χ0n) is 9.01. The number of carbonyl (C=O) groups excluding carboxylic acids is 1. The molecule has 16 heavy (non-hydrogen) atoms. The van der Waals surface area contributed by atoms with Crippen LogP contribution in [0.2, 0.25) is 0 Å². The minimum absolute atomic E-state index is 0.365. The molecule has 0 saturated heterocycles. The molecule has 1 aliphatic carbocycles. The minimum atomic E-state index is -0.365. The molecule has 0 spiro atoms. The Morgan fingerprint density at radius 1 is 1.44 bits per heavy atom. The van der Waals surface area contributed by atoms with Gasteiger partial charge in [-0.1, -0.05) is 18.2 Å². The van der Waals surface area contributed by atoms with Crippen LogP contribution in [0.3, 0.4) is 0 Å². The Bertz CT molecular complexity index is 555. The third-order valence-electron chi connectivity index (χ3n) is 2.89. The van der Waals surface area contributed by atoms with Crippen molar-refractivity contribution in [1.82, 2.24) is 9.78 Å². The first kappa shape index (κ1) is 9.39. The van der Waals surface area contributed by atoms with E-state index < -0.39 is 0 Å². The summed E-state index contributed by atoms with van der Waals surface area (Å²) in [6.45, 7) is 0. The quantitative estimate of drug-likeness (QED) is 0.722. The number of aromatic nitrogens is 2. The second-order valence-electron chi connectivity index (χ2n) is 4.03. The first-order valence-corrected chi connectivity index (χ1v) is 5.37. The number of hydrogen-bond acceptors (Lipinski definition) is 3. The van der Waals surface area contributed by atoms with Gasteiger partial charge in [-0.3, -0.25) is 4.68 Å². The lowest BCUT2D eigenvalue weighted by molar-refractivity contribution is 0.0595. The number of para-hydroxylation sites is 1. The largest absolute Gasteiger partial charge is 0.464 e. The molecular formula is C12H12N2O2. The van der Waals surface area contributed by atoms with Crippen LogP contribution in [0, 0.1) is 0 Å². The van der Waals surface area contributed by atoms with Gasteiger partial charge in [0, 0.05) is 5.39 Å². The molecule has 1 heterocycles. The first-order valence-electron chi connectivity index (χ1n) is 5.37. The number of hydrogen-bond donors (Lipinski definition) is 0. The van der Waals surface area contributed by atoms with Gasteiger partial charge in [-0.25, -0.2) is 4.79 Å². The SMILES string of the molecule is COC(=O)c1nn(C2CC2)c2ccccc12. The summed E-state index contributed by atoms with van der Waals surface area (Å²) in [6, 6.07) is 8.24. The summed E-state index contributed by atoms with van der Waals surface area (Å²) >= 11 is 0. The van der Waals surface area contributed by atoms with Gasteiger partial charge in [0.15, 0.2) is 5.69 Å². The lowest BCUT2D eigenvalue weighted by Crippen LogP contribution is -2.04. The molecule has 4 nitrogen and oxygen atoms in total. The van der Waals surface area contributed by atoms with E-state index in [1.54, 1.807) is 0 Å². The summed E-state index contributed by atoms with van der Waals surface area (Å²) in [5.41, 5.74) is 1.44. The van der Waals surface area contributed by atoms with Crippen LogP contribution in [0.5, 0.6) is 0 Å². The number of rotatable bonds is 2. The van der Waals surface area contributed by atoms with Crippen LogP contribution in [0.1, 0.15) is 29.4 Å². The second kappa shape index (κ2) is 3.33. The van der Waals surface area contributed by atoms with E-state index in [0.717, 1.165) is 23.7 Å². The van der Waals surface area contributed by atoms with Gasteiger partial charge in [0.05, 0.1) is 18.7 Å². The summed E-state index contributed by atoms with van der Waals surface area (Å²) in [4.78, 5) is 11.6. The Morgan fingerprint density at radius 3 is 2.88 bits per heavy atom. The van der Waals surface area contributed by atoms with Gasteiger partial charge in [-0.2, -0.15) is 5.10 Å². The summed E-state index contributed by atoms with van der Waals surface area (Å²) in [7, 11) is 1.38. The molecule has 0 aliphatic heterocycles. The highest BCUT2D eigenvalue weighted by atomic mass is 16.5. The number of carbonyl (C=O) groups is 1. The molecule has 1 aliphatic rings. The van der Waals surface area contributed by atoms with Crippen molar-refractivity contribution in [2.24, 2.45) is 0 Å². The van der Waals surface area contributed by atoms with Crippen molar-refractivity contribution < 1.29 is 9.53 Å². The third-order valence-corrected chi connectivity index (χ3v) is 2.89. The van der Waals surface area contributed by atoms with Gasteiger partial charge in [-0.15, -0.1) is 0 Å². The molecule has 0 amide bonds. The van der Waals surface area contributed by atoms with Crippen LogP contribution in [-0.4, -0.2) is 22.9 Å². The second-order valence-corrected chi connectivity index (χ2v) is 4.03. The average molecular weight is 216 g/mol. The highest BCUT2D eigenvalue weighted by Crippen LogP contribution is 2.37. The molecule has 4 heteroatoms. The number of esters is 1. The van der Waals surface area contributed by atoms with Gasteiger partial charge < -0.3 is 4.74 Å². The molecule has 82 valence electrons. The Hall–Kier alpha value is -1.84. The van der Waals surface area contributed by atoms with Crippen LogP contribution in [0.15, 0.2) is 24.3 Å². The Balaban J connectivity index is 2.24. The smallest absolute Gasteiger partial charge is 0.359 e. The molecular weight excluding hydrogens is 204 g/mol. The standard InChI is InChI=1S/C12H12N2O2/c1-16-12(15)11-9-4-2-3-5-10(9)14(13-11)8-6-7-8/h2-5,8H,6-7H2,1H3. The molecule has 1 aromatic carbocycles. The summed E-state index contributed by atoms with van der Waals surface area (Å²) in [6.07, 6.45) is 2.29. The summed E-state index contributed by atoms with van der Waals surface area (Å²) in [5, 5.41) is 5.24. The number of methoxy groups -OCH3 is 1. The van der Waals surface area contributed by atoms with Crippen LogP contribution in [0.25, 0.3) is 10.9 Å². The number of fused-ring (bicyclic) bond motifs is 1. The highest BCUT2D eigenvalue weighted by molar-refractivity contribution is 6.02. The van der Waals surface area contributed by atoms with Crippen LogP contribution >= 0.6 is 0 Å². The third kappa shape index (κ3) is 1.30. The fourth-order valence-electron chi connectivity index (χ4n) is 1.93. The molecule has 0 N–H and O–H groups in total. The van der Waals surface area contributed by atoms with E-state index in [0.29, 0.717) is 11.7 Å². The Labute approximate surface area is 92.8 Å². The molecule has 1 aromatic heterocycles. The minimum Gasteiger partial charge on any atom is -0.464 e. The molecule has 1 fully saturated rings. The van der Waals surface area contributed by atoms with Gasteiger partial charge in [-0.05, 0) is 18.9 Å². The zero-order valence-corrected chi connectivity index (χ0v) is 9.01. The van der Waals surface area contributed by atoms with Gasteiger partial charge >= 0.3 is 5.97 Å². The van der Waals surface area contributed by atoms with E-state index in [2.05, 4.69) is 5.10 Å². The van der Waals surface area contributed by atoms with E-state index in [1.165, 1.54) is 7.11 Å². The maximum atomic E-state index is 11.6. The van der Waals surface area contributed by atoms with Crippen molar-refractivity contribution in [3.05, 3.63) is 30.0 Å². The number of nitrogens with zero attached hydrogens (tertiary/aromatic N) is 2. The van der Waals surface area contributed by atoms with E-state index >= 15 is 0 Å². The van der Waals surface area contributed by atoms with Crippen molar-refractivity contribution in [2.75, 3.05) is 7.11 Å². The summed E-state index contributed by atoms with van der Waals surface area (Å²) in [5.74, 6) is -0.365. The molecule has 0 unspecified atom stereocenters. The molecule has 0 bridgehead atoms. The average Bonchev–Trinajstić information content (AvgIpc) is 3.09. The van der Waals surface area contributed by atoms with E-state index in [-0.39, 0.29) is 5.97 Å². The molecule has 0 atom stereocenters. The number of ether oxygens (including phenoxy) is 1. The van der Waals surface area contributed by atoms with Crippen molar-refractivity contribution in [3.63, 3.8) is 0 Å². The lowest BCUT2D eigenvalue weighted by atomic mass is 10.2. The van der Waals surface area contributed by atoms with Crippen molar-refractivity contribution in [1.29, 1.82) is 0 Å². The zero-order chi connectivity index (χ0) is 11.1. The van der Waals surface area contributed by atoms with Crippen molar-refractivity contribution in [3.8, 4) is 0 Å². The summed E-state index contributed by atoms with van der Waals surface area (Å²) < 4.78 is 6.69. The van der Waals surface area contributed by atoms with E-state index in [1.807, 2.05) is 28.9 Å². The predicted molar refractivity (Wildman–Crippen MR) is 59.3 cm³/mol. The molecule has 3 rings (SSSR count). The molecule has 0 radical (unpaired) electrons. The first-order chi connectivity index (χ1) is 7.81. The lowest BCUT2D eigenvalue weighted by Gasteiger charge is -1.97. The van der Waals surface area contributed by atoms with Gasteiger partial charge in [0.25, 0.3) is 0 Å². The normalized spacial score (nSPS) is 15.3. The fraction of sp³-hybridized carbons (Fsp3) is 0.333. The van der Waals surface area contributed by atoms with Crippen LogP contribution in [0.4, 0.5) is 0 Å². The van der Waals surface area contributed by atoms with E-state index in [4.69, 9.17) is 4.74 Å². The van der Waals surface area contributed by atoms with Crippen molar-refractivity contribution in [2.45, 2.75) is 18.9 Å². The van der Waals surface area contributed by atoms with Gasteiger partial charge in [0.1, 0.15) is 0 Å². The Kier molecular flexibility index (Phi) is 1.96. The van der Waals surface area contributed by atoms with E-state index in [9.17, 15) is 4.79 Å².